The molecule has 0 saturated carbocycles. The van der Waals surface area contributed by atoms with Crippen LogP contribution in [0.15, 0.2) is 77.8 Å². The summed E-state index contributed by atoms with van der Waals surface area (Å²) in [4.78, 5) is 31.3. The number of primary amides is 1. The maximum absolute atomic E-state index is 13.3. The van der Waals surface area contributed by atoms with Gasteiger partial charge in [-0.1, -0.05) is 67.4 Å². The van der Waals surface area contributed by atoms with Gasteiger partial charge in [0.05, 0.1) is 11.4 Å². The van der Waals surface area contributed by atoms with Gasteiger partial charge in [0.15, 0.2) is 0 Å². The van der Waals surface area contributed by atoms with Crippen LogP contribution in [0.5, 0.6) is 0 Å². The van der Waals surface area contributed by atoms with E-state index in [0.717, 1.165) is 34.6 Å². The van der Waals surface area contributed by atoms with E-state index < -0.39 is 11.8 Å². The SMILES string of the molecule is CC(C#CC(N)=O)Cc1ccc2c(c1)NC(=O)C2C(=Nc1ccc(CN(C)C)cc1)c1ccccc1. The Morgan fingerprint density at radius 1 is 1.06 bits per heavy atom. The van der Waals surface area contributed by atoms with E-state index in [1.807, 2.05) is 81.7 Å². The van der Waals surface area contributed by atoms with E-state index in [-0.39, 0.29) is 11.8 Å². The highest BCUT2D eigenvalue weighted by Crippen LogP contribution is 2.37. The summed E-state index contributed by atoms with van der Waals surface area (Å²) >= 11 is 0. The fourth-order valence-electron chi connectivity index (χ4n) is 4.39. The lowest BCUT2D eigenvalue weighted by molar-refractivity contribution is -0.115. The molecule has 0 bridgehead atoms. The molecule has 1 heterocycles. The van der Waals surface area contributed by atoms with Crippen molar-refractivity contribution in [1.29, 1.82) is 0 Å². The summed E-state index contributed by atoms with van der Waals surface area (Å²) in [7, 11) is 4.08. The van der Waals surface area contributed by atoms with Crippen LogP contribution in [-0.4, -0.2) is 36.5 Å². The molecule has 0 fully saturated rings. The van der Waals surface area contributed by atoms with Gasteiger partial charge in [-0.2, -0.15) is 0 Å². The molecule has 1 aliphatic rings. The molecule has 36 heavy (non-hydrogen) atoms. The number of nitrogens with one attached hydrogen (secondary N) is 1. The molecule has 2 atom stereocenters. The van der Waals surface area contributed by atoms with Crippen molar-refractivity contribution in [1.82, 2.24) is 4.90 Å². The number of rotatable bonds is 7. The second kappa shape index (κ2) is 11.0. The third-order valence-corrected chi connectivity index (χ3v) is 5.96. The number of benzene rings is 3. The first kappa shape index (κ1) is 24.9. The van der Waals surface area contributed by atoms with Crippen LogP contribution in [0.25, 0.3) is 0 Å². The summed E-state index contributed by atoms with van der Waals surface area (Å²) < 4.78 is 0. The van der Waals surface area contributed by atoms with Gasteiger partial charge in [0.25, 0.3) is 5.91 Å². The molecular formula is C30H30N4O2. The predicted molar refractivity (Wildman–Crippen MR) is 144 cm³/mol. The molecule has 6 heteroatoms. The molecule has 0 spiro atoms. The Morgan fingerprint density at radius 2 is 1.75 bits per heavy atom. The first-order chi connectivity index (χ1) is 17.3. The molecular weight excluding hydrogens is 448 g/mol. The van der Waals surface area contributed by atoms with Gasteiger partial charge >= 0.3 is 0 Å². The highest BCUT2D eigenvalue weighted by atomic mass is 16.2. The lowest BCUT2D eigenvalue weighted by Gasteiger charge is -2.15. The zero-order chi connectivity index (χ0) is 25.7. The molecule has 3 N–H and O–H groups in total. The smallest absolute Gasteiger partial charge is 0.293 e. The summed E-state index contributed by atoms with van der Waals surface area (Å²) in [5.74, 6) is 3.97. The monoisotopic (exact) mass is 478 g/mol. The number of anilines is 1. The third kappa shape index (κ3) is 6.07. The number of hydrogen-bond acceptors (Lipinski definition) is 4. The van der Waals surface area contributed by atoms with Gasteiger partial charge in [-0.3, -0.25) is 14.6 Å². The average molecular weight is 479 g/mol. The molecule has 0 radical (unpaired) electrons. The van der Waals surface area contributed by atoms with Crippen LogP contribution in [-0.2, 0) is 22.6 Å². The van der Waals surface area contributed by atoms with Crippen LogP contribution in [0.3, 0.4) is 0 Å². The summed E-state index contributed by atoms with van der Waals surface area (Å²) in [5.41, 5.74) is 11.4. The highest BCUT2D eigenvalue weighted by Gasteiger charge is 2.35. The Labute approximate surface area is 212 Å². The maximum atomic E-state index is 13.3. The van der Waals surface area contributed by atoms with E-state index in [2.05, 4.69) is 34.2 Å². The van der Waals surface area contributed by atoms with Crippen molar-refractivity contribution in [2.45, 2.75) is 25.8 Å². The normalized spacial score (nSPS) is 15.6. The second-order valence-electron chi connectivity index (χ2n) is 9.35. The number of hydrogen-bond donors (Lipinski definition) is 2. The fraction of sp³-hybridized carbons (Fsp3) is 0.233. The first-order valence-electron chi connectivity index (χ1n) is 11.9. The minimum Gasteiger partial charge on any atom is -0.359 e. The van der Waals surface area contributed by atoms with Crippen molar-refractivity contribution in [2.24, 2.45) is 16.6 Å². The summed E-state index contributed by atoms with van der Waals surface area (Å²) in [6.07, 6.45) is 0.646. The third-order valence-electron chi connectivity index (χ3n) is 5.96. The molecule has 3 aromatic rings. The zero-order valence-corrected chi connectivity index (χ0v) is 20.8. The Hall–Kier alpha value is -4.21. The van der Waals surface area contributed by atoms with Gasteiger partial charge in [0, 0.05) is 18.2 Å². The molecule has 0 saturated heterocycles. The van der Waals surface area contributed by atoms with Crippen molar-refractivity contribution in [3.63, 3.8) is 0 Å². The van der Waals surface area contributed by atoms with Crippen molar-refractivity contribution in [3.05, 3.63) is 95.1 Å². The maximum Gasteiger partial charge on any atom is 0.293 e. The molecule has 0 aliphatic carbocycles. The van der Waals surface area contributed by atoms with E-state index in [4.69, 9.17) is 10.7 Å². The van der Waals surface area contributed by atoms with E-state index >= 15 is 0 Å². The quantitative estimate of drug-likeness (QED) is 0.393. The van der Waals surface area contributed by atoms with Gasteiger partial charge in [-0.05, 0) is 66.9 Å². The Morgan fingerprint density at radius 3 is 2.42 bits per heavy atom. The van der Waals surface area contributed by atoms with E-state index in [1.54, 1.807) is 0 Å². The lowest BCUT2D eigenvalue weighted by atomic mass is 9.89. The number of nitrogens with zero attached hydrogens (tertiary/aromatic N) is 2. The molecule has 182 valence electrons. The van der Waals surface area contributed by atoms with Gasteiger partial charge < -0.3 is 16.0 Å². The largest absolute Gasteiger partial charge is 0.359 e. The molecule has 2 amide bonds. The van der Waals surface area contributed by atoms with Crippen LogP contribution in [0.1, 0.15) is 35.1 Å². The van der Waals surface area contributed by atoms with E-state index in [0.29, 0.717) is 12.1 Å². The molecule has 0 aromatic heterocycles. The summed E-state index contributed by atoms with van der Waals surface area (Å²) in [5, 5.41) is 3.04. The fourth-order valence-corrected chi connectivity index (χ4v) is 4.39. The molecule has 2 unspecified atom stereocenters. The number of nitrogens with two attached hydrogens (primary N) is 1. The number of carbonyl (C=O) groups is 2. The zero-order valence-electron chi connectivity index (χ0n) is 20.8. The van der Waals surface area contributed by atoms with Crippen molar-refractivity contribution in [2.75, 3.05) is 19.4 Å². The lowest BCUT2D eigenvalue weighted by Crippen LogP contribution is -2.21. The number of carbonyl (C=O) groups excluding carboxylic acids is 2. The topological polar surface area (TPSA) is 87.8 Å². The van der Waals surface area contributed by atoms with Crippen molar-refractivity contribution in [3.8, 4) is 11.8 Å². The minimum absolute atomic E-state index is 0.0413. The van der Waals surface area contributed by atoms with Crippen LogP contribution in [0.2, 0.25) is 0 Å². The Balaban J connectivity index is 1.68. The first-order valence-corrected chi connectivity index (χ1v) is 11.9. The number of amides is 2. The van der Waals surface area contributed by atoms with Gasteiger partial charge in [-0.15, -0.1) is 0 Å². The second-order valence-corrected chi connectivity index (χ2v) is 9.35. The van der Waals surface area contributed by atoms with Gasteiger partial charge in [-0.25, -0.2) is 0 Å². The van der Waals surface area contributed by atoms with Crippen LogP contribution in [0.4, 0.5) is 11.4 Å². The highest BCUT2D eigenvalue weighted by molar-refractivity contribution is 6.24. The Bertz CT molecular complexity index is 1350. The van der Waals surface area contributed by atoms with Gasteiger partial charge in [0.2, 0.25) is 5.91 Å². The molecule has 1 aliphatic heterocycles. The van der Waals surface area contributed by atoms with Crippen molar-refractivity contribution >= 4 is 28.9 Å². The number of fused-ring (bicyclic) bond motifs is 1. The van der Waals surface area contributed by atoms with Crippen LogP contribution in [0, 0.1) is 17.8 Å². The van der Waals surface area contributed by atoms with Crippen LogP contribution < -0.4 is 11.1 Å². The number of aliphatic imine (C=N–C) groups is 1. The average Bonchev–Trinajstić information content (AvgIpc) is 3.17. The molecule has 4 rings (SSSR count). The van der Waals surface area contributed by atoms with Crippen molar-refractivity contribution < 1.29 is 9.59 Å². The van der Waals surface area contributed by atoms with Crippen LogP contribution >= 0.6 is 0 Å². The predicted octanol–water partition coefficient (Wildman–Crippen LogP) is 4.27. The standard InChI is InChI=1S/C30H30N4O2/c1-20(9-16-27(31)35)17-22-12-15-25-26(18-22)33-30(36)28(25)29(23-7-5-4-6-8-23)32-24-13-10-21(11-14-24)19-34(2)3/h4-8,10-15,18,20,28H,17,19H2,1-3H3,(H2,31,35)(H,33,36). The molecule has 6 nitrogen and oxygen atoms in total. The van der Waals surface area contributed by atoms with E-state index in [1.165, 1.54) is 5.56 Å². The Kier molecular flexibility index (Phi) is 7.62. The molecule has 3 aromatic carbocycles. The van der Waals surface area contributed by atoms with E-state index in [9.17, 15) is 9.59 Å². The summed E-state index contributed by atoms with van der Waals surface area (Å²) in [6.45, 7) is 2.79. The summed E-state index contributed by atoms with van der Waals surface area (Å²) in [6, 6.07) is 23.9. The van der Waals surface area contributed by atoms with Gasteiger partial charge in [0.1, 0.15) is 5.92 Å². The minimum atomic E-state index is -0.633.